The molecular formula is C9H11F3N2O4S. The van der Waals surface area contributed by atoms with Gasteiger partial charge in [-0.05, 0) is 13.8 Å². The Morgan fingerprint density at radius 3 is 2.47 bits per heavy atom. The van der Waals surface area contributed by atoms with Crippen LogP contribution in [0.5, 0.6) is 0 Å². The molecule has 0 saturated carbocycles. The van der Waals surface area contributed by atoms with Crippen molar-refractivity contribution in [1.29, 1.82) is 0 Å². The first-order chi connectivity index (χ1) is 8.40. The molecule has 10 heteroatoms. The molecule has 0 aliphatic carbocycles. The van der Waals surface area contributed by atoms with E-state index >= 15 is 0 Å². The Balaban J connectivity index is 2.30. The van der Waals surface area contributed by atoms with Crippen molar-refractivity contribution in [3.8, 4) is 0 Å². The summed E-state index contributed by atoms with van der Waals surface area (Å²) < 4.78 is 39.5. The highest BCUT2D eigenvalue weighted by molar-refractivity contribution is 8.01. The smallest absolute Gasteiger partial charge is 0.480 e. The van der Waals surface area contributed by atoms with Gasteiger partial charge in [0, 0.05) is 4.75 Å². The predicted octanol–water partition coefficient (Wildman–Crippen LogP) is 0.325. The van der Waals surface area contributed by atoms with E-state index in [1.54, 1.807) is 0 Å². The van der Waals surface area contributed by atoms with E-state index in [0.717, 1.165) is 16.7 Å². The van der Waals surface area contributed by atoms with Gasteiger partial charge in [-0.2, -0.15) is 0 Å². The van der Waals surface area contributed by atoms with Crippen molar-refractivity contribution >= 4 is 23.6 Å². The molecule has 0 aromatic heterocycles. The molecule has 108 valence electrons. The average Bonchev–Trinajstić information content (AvgIpc) is 2.45. The lowest BCUT2D eigenvalue weighted by Crippen LogP contribution is -2.79. The van der Waals surface area contributed by atoms with Crippen LogP contribution in [0, 0.1) is 0 Å². The molecule has 2 aliphatic rings. The van der Waals surface area contributed by atoms with Crippen molar-refractivity contribution in [2.75, 3.05) is 0 Å². The second-order valence-electron chi connectivity index (χ2n) is 4.87. The number of β-lactam (4-membered cyclic amide) rings is 1. The number of carbonyl (C=O) groups is 2. The van der Waals surface area contributed by atoms with Gasteiger partial charge < -0.3 is 10.0 Å². The maximum Gasteiger partial charge on any atom is 0.524 e. The SMILES string of the molecule is CC1(C)S[C@H]2N(C(=O)[C@@]2(N)OC(F)(F)F)[C@H]1C(=O)O. The lowest BCUT2D eigenvalue weighted by molar-refractivity contribution is -0.373. The second-order valence-corrected chi connectivity index (χ2v) is 6.60. The Bertz CT molecular complexity index is 455. The van der Waals surface area contributed by atoms with Crippen LogP contribution in [-0.2, 0) is 14.3 Å². The first-order valence-corrected chi connectivity index (χ1v) is 6.07. The molecule has 0 radical (unpaired) electrons. The highest BCUT2D eigenvalue weighted by Crippen LogP contribution is 2.55. The van der Waals surface area contributed by atoms with Gasteiger partial charge in [0.1, 0.15) is 11.4 Å². The van der Waals surface area contributed by atoms with E-state index in [1.807, 2.05) is 0 Å². The van der Waals surface area contributed by atoms with E-state index in [1.165, 1.54) is 13.8 Å². The topological polar surface area (TPSA) is 92.9 Å². The summed E-state index contributed by atoms with van der Waals surface area (Å²) in [5, 5.41) is 7.91. The fraction of sp³-hybridized carbons (Fsp3) is 0.778. The molecule has 0 aromatic carbocycles. The van der Waals surface area contributed by atoms with Crippen molar-refractivity contribution in [2.24, 2.45) is 5.73 Å². The number of hydrogen-bond acceptors (Lipinski definition) is 5. The average molecular weight is 300 g/mol. The van der Waals surface area contributed by atoms with E-state index in [9.17, 15) is 22.8 Å². The third kappa shape index (κ3) is 1.98. The lowest BCUT2D eigenvalue weighted by Gasteiger charge is -2.49. The first kappa shape index (κ1) is 14.4. The largest absolute Gasteiger partial charge is 0.524 e. The third-order valence-electron chi connectivity index (χ3n) is 3.06. The van der Waals surface area contributed by atoms with Crippen LogP contribution in [0.1, 0.15) is 13.8 Å². The number of thioether (sulfide) groups is 1. The fourth-order valence-corrected chi connectivity index (χ4v) is 3.91. The molecule has 0 bridgehead atoms. The molecular weight excluding hydrogens is 289 g/mol. The van der Waals surface area contributed by atoms with Crippen molar-refractivity contribution < 1.29 is 32.6 Å². The molecule has 3 atom stereocenters. The standard InChI is InChI=1S/C9H11F3N2O4S/c1-7(2)3(4(15)16)14-5(17)8(13,6(14)19-7)18-9(10,11)12/h3,6H,13H2,1-2H3,(H,15,16)/t3-,6+,8+/m0/s1. The Morgan fingerprint density at radius 1 is 1.53 bits per heavy atom. The summed E-state index contributed by atoms with van der Waals surface area (Å²) in [6.07, 6.45) is -5.07. The van der Waals surface area contributed by atoms with Gasteiger partial charge in [-0.3, -0.25) is 15.3 Å². The molecule has 3 N–H and O–H groups in total. The number of carbonyl (C=O) groups excluding carboxylic acids is 1. The summed E-state index contributed by atoms with van der Waals surface area (Å²) in [5.41, 5.74) is 2.80. The number of ether oxygens (including phenoxy) is 1. The van der Waals surface area contributed by atoms with E-state index < -0.39 is 40.1 Å². The lowest BCUT2D eigenvalue weighted by atomic mass is 9.94. The minimum absolute atomic E-state index is 0.832. The Morgan fingerprint density at radius 2 is 2.05 bits per heavy atom. The van der Waals surface area contributed by atoms with Crippen LogP contribution < -0.4 is 5.73 Å². The van der Waals surface area contributed by atoms with Gasteiger partial charge in [-0.1, -0.05) is 0 Å². The summed E-state index contributed by atoms with van der Waals surface area (Å²) in [6.45, 7) is 3.05. The molecule has 2 fully saturated rings. The fourth-order valence-electron chi connectivity index (χ4n) is 2.34. The molecule has 0 aromatic rings. The molecule has 2 saturated heterocycles. The van der Waals surface area contributed by atoms with E-state index in [-0.39, 0.29) is 0 Å². The molecule has 6 nitrogen and oxygen atoms in total. The summed E-state index contributed by atoms with van der Waals surface area (Å²) in [7, 11) is 0. The van der Waals surface area contributed by atoms with Gasteiger partial charge in [0.05, 0.1) is 0 Å². The Kier molecular flexibility index (Phi) is 2.86. The van der Waals surface area contributed by atoms with Crippen molar-refractivity contribution in [1.82, 2.24) is 4.90 Å². The van der Waals surface area contributed by atoms with Crippen molar-refractivity contribution in [3.63, 3.8) is 0 Å². The normalized spacial score (nSPS) is 36.9. The zero-order valence-electron chi connectivity index (χ0n) is 9.89. The van der Waals surface area contributed by atoms with Crippen LogP contribution in [0.25, 0.3) is 0 Å². The number of alkyl halides is 3. The predicted molar refractivity (Wildman–Crippen MR) is 57.8 cm³/mol. The van der Waals surface area contributed by atoms with E-state index in [4.69, 9.17) is 10.8 Å². The number of aliphatic carboxylic acids is 1. The van der Waals surface area contributed by atoms with Crippen LogP contribution in [0.2, 0.25) is 0 Å². The highest BCUT2D eigenvalue weighted by atomic mass is 32.2. The Labute approximate surface area is 110 Å². The van der Waals surface area contributed by atoms with Gasteiger partial charge in [0.2, 0.25) is 5.72 Å². The summed E-state index contributed by atoms with van der Waals surface area (Å²) in [6, 6.07) is -1.23. The number of halogens is 3. The van der Waals surface area contributed by atoms with Crippen LogP contribution >= 0.6 is 11.8 Å². The van der Waals surface area contributed by atoms with Gasteiger partial charge in [-0.15, -0.1) is 24.9 Å². The number of amides is 1. The van der Waals surface area contributed by atoms with Crippen LogP contribution in [0.15, 0.2) is 0 Å². The molecule has 2 heterocycles. The maximum absolute atomic E-state index is 12.3. The molecule has 2 aliphatic heterocycles. The minimum Gasteiger partial charge on any atom is -0.480 e. The monoisotopic (exact) mass is 300 g/mol. The number of hydrogen-bond donors (Lipinski definition) is 2. The summed E-state index contributed by atoms with van der Waals surface area (Å²) >= 11 is 0.880. The van der Waals surface area contributed by atoms with Gasteiger partial charge in [0.15, 0.2) is 0 Å². The van der Waals surface area contributed by atoms with Gasteiger partial charge >= 0.3 is 12.3 Å². The van der Waals surface area contributed by atoms with Crippen molar-refractivity contribution in [2.45, 2.75) is 42.1 Å². The number of rotatable bonds is 2. The molecule has 0 unspecified atom stereocenters. The zero-order chi connectivity index (χ0) is 14.8. The van der Waals surface area contributed by atoms with Crippen molar-refractivity contribution in [3.05, 3.63) is 0 Å². The number of carboxylic acid groups (broad SMARTS) is 1. The number of nitrogens with two attached hydrogens (primary N) is 1. The third-order valence-corrected chi connectivity index (χ3v) is 4.69. The minimum atomic E-state index is -5.07. The molecule has 19 heavy (non-hydrogen) atoms. The number of fused-ring (bicyclic) bond motifs is 1. The highest BCUT2D eigenvalue weighted by Gasteiger charge is 2.73. The maximum atomic E-state index is 12.3. The molecule has 1 amide bonds. The summed E-state index contributed by atoms with van der Waals surface area (Å²) in [4.78, 5) is 23.7. The second kappa shape index (κ2) is 3.76. The summed E-state index contributed by atoms with van der Waals surface area (Å²) in [5.74, 6) is -2.46. The Hall–Kier alpha value is -1.00. The van der Waals surface area contributed by atoms with Gasteiger partial charge in [-0.25, -0.2) is 4.79 Å². The van der Waals surface area contributed by atoms with Crippen LogP contribution in [0.4, 0.5) is 13.2 Å². The van der Waals surface area contributed by atoms with E-state index in [2.05, 4.69) is 4.74 Å². The molecule has 2 rings (SSSR count). The van der Waals surface area contributed by atoms with Crippen LogP contribution in [-0.4, -0.2) is 50.1 Å². The molecule has 0 spiro atoms. The van der Waals surface area contributed by atoms with Gasteiger partial charge in [0.25, 0.3) is 5.91 Å². The first-order valence-electron chi connectivity index (χ1n) is 5.19. The number of nitrogens with zero attached hydrogens (tertiary/aromatic N) is 1. The quantitative estimate of drug-likeness (QED) is 0.564. The zero-order valence-corrected chi connectivity index (χ0v) is 10.7. The van der Waals surface area contributed by atoms with Crippen LogP contribution in [0.3, 0.4) is 0 Å². The van der Waals surface area contributed by atoms with E-state index in [0.29, 0.717) is 0 Å². The number of carboxylic acids is 1.